The molecule has 1 aromatic heterocycles. The fourth-order valence-electron chi connectivity index (χ4n) is 3.61. The van der Waals surface area contributed by atoms with Gasteiger partial charge in [0.15, 0.2) is 0 Å². The van der Waals surface area contributed by atoms with Gasteiger partial charge in [0.05, 0.1) is 16.3 Å². The number of carbonyl (C=O) groups excluding carboxylic acids is 2. The molecule has 0 radical (unpaired) electrons. The maximum absolute atomic E-state index is 12.8. The van der Waals surface area contributed by atoms with Crippen LogP contribution in [0.3, 0.4) is 0 Å². The highest BCUT2D eigenvalue weighted by atomic mass is 32.1. The number of hydrogen-bond acceptors (Lipinski definition) is 4. The maximum atomic E-state index is 12.8. The molecule has 7 heteroatoms. The van der Waals surface area contributed by atoms with Gasteiger partial charge in [-0.1, -0.05) is 12.1 Å². The van der Waals surface area contributed by atoms with E-state index in [0.29, 0.717) is 19.5 Å². The molecule has 2 aliphatic rings. The second-order valence-electron chi connectivity index (χ2n) is 6.66. The monoisotopic (exact) mass is 358 g/mol. The Morgan fingerprint density at radius 3 is 3.00 bits per heavy atom. The van der Waals surface area contributed by atoms with Crippen molar-refractivity contribution in [1.82, 2.24) is 20.5 Å². The average molecular weight is 358 g/mol. The van der Waals surface area contributed by atoms with Crippen molar-refractivity contribution >= 4 is 33.5 Å². The molecule has 4 rings (SSSR count). The number of thiazole rings is 1. The highest BCUT2D eigenvalue weighted by molar-refractivity contribution is 7.18. The number of aromatic nitrogens is 1. The molecule has 2 unspecified atom stereocenters. The SMILES string of the molecule is O=C1NCCCCC1NC(=O)N1CCCC1c1nc2ccccc2s1. The van der Waals surface area contributed by atoms with Crippen LogP contribution in [0.5, 0.6) is 0 Å². The van der Waals surface area contributed by atoms with Gasteiger partial charge in [-0.15, -0.1) is 11.3 Å². The lowest BCUT2D eigenvalue weighted by Crippen LogP contribution is -2.50. The zero-order valence-corrected chi connectivity index (χ0v) is 14.8. The molecular formula is C18H22N4O2S. The van der Waals surface area contributed by atoms with E-state index in [1.165, 1.54) is 0 Å². The summed E-state index contributed by atoms with van der Waals surface area (Å²) in [6.45, 7) is 1.41. The van der Waals surface area contributed by atoms with Gasteiger partial charge in [0.25, 0.3) is 0 Å². The minimum absolute atomic E-state index is 0.00578. The Bertz CT molecular complexity index is 757. The largest absolute Gasteiger partial charge is 0.354 e. The molecule has 25 heavy (non-hydrogen) atoms. The molecule has 2 N–H and O–H groups in total. The number of hydrogen-bond donors (Lipinski definition) is 2. The molecule has 2 saturated heterocycles. The van der Waals surface area contributed by atoms with Crippen LogP contribution in [-0.4, -0.2) is 41.0 Å². The van der Waals surface area contributed by atoms with Crippen molar-refractivity contribution in [3.05, 3.63) is 29.3 Å². The summed E-state index contributed by atoms with van der Waals surface area (Å²) in [6, 6.07) is 7.49. The normalized spacial score (nSPS) is 24.2. The van der Waals surface area contributed by atoms with Crippen LogP contribution < -0.4 is 10.6 Å². The van der Waals surface area contributed by atoms with E-state index in [2.05, 4.69) is 16.7 Å². The van der Waals surface area contributed by atoms with E-state index in [0.717, 1.165) is 40.9 Å². The Balaban J connectivity index is 1.50. The molecule has 0 saturated carbocycles. The fourth-order valence-corrected chi connectivity index (χ4v) is 4.72. The van der Waals surface area contributed by atoms with Gasteiger partial charge in [0.2, 0.25) is 5.91 Å². The maximum Gasteiger partial charge on any atom is 0.318 e. The molecule has 6 nitrogen and oxygen atoms in total. The fraction of sp³-hybridized carbons (Fsp3) is 0.500. The van der Waals surface area contributed by atoms with Crippen molar-refractivity contribution in [3.8, 4) is 0 Å². The summed E-state index contributed by atoms with van der Waals surface area (Å²) >= 11 is 1.65. The van der Waals surface area contributed by atoms with Crippen molar-refractivity contribution in [2.75, 3.05) is 13.1 Å². The van der Waals surface area contributed by atoms with Crippen LogP contribution in [0.1, 0.15) is 43.2 Å². The topological polar surface area (TPSA) is 74.3 Å². The van der Waals surface area contributed by atoms with Gasteiger partial charge in [-0.05, 0) is 44.2 Å². The van der Waals surface area contributed by atoms with Crippen LogP contribution in [0.15, 0.2) is 24.3 Å². The minimum Gasteiger partial charge on any atom is -0.354 e. The predicted octanol–water partition coefficient (Wildman–Crippen LogP) is 2.81. The standard InChI is InChI=1S/C18H22N4O2S/c23-16-13(7-3-4-10-19-16)21-18(24)22-11-5-8-14(22)17-20-12-6-1-2-9-15(12)25-17/h1-2,6,9,13-14H,3-5,7-8,10-11H2,(H,19,23)(H,21,24). The Morgan fingerprint density at radius 2 is 2.12 bits per heavy atom. The van der Waals surface area contributed by atoms with Crippen molar-refractivity contribution in [1.29, 1.82) is 0 Å². The average Bonchev–Trinajstić information content (AvgIpc) is 3.21. The number of benzene rings is 1. The third-order valence-corrected chi connectivity index (χ3v) is 6.08. The smallest absolute Gasteiger partial charge is 0.318 e. The third kappa shape index (κ3) is 3.33. The molecular weight excluding hydrogens is 336 g/mol. The Morgan fingerprint density at radius 1 is 1.24 bits per heavy atom. The molecule has 3 amide bonds. The minimum atomic E-state index is -0.424. The summed E-state index contributed by atoms with van der Waals surface area (Å²) in [6.07, 6.45) is 4.51. The highest BCUT2D eigenvalue weighted by Crippen LogP contribution is 2.36. The molecule has 132 valence electrons. The first-order chi connectivity index (χ1) is 12.2. The Labute approximate surface area is 150 Å². The molecule has 2 fully saturated rings. The molecule has 0 bridgehead atoms. The quantitative estimate of drug-likeness (QED) is 0.867. The van der Waals surface area contributed by atoms with Gasteiger partial charge in [0.1, 0.15) is 11.0 Å². The lowest BCUT2D eigenvalue weighted by atomic mass is 10.1. The van der Waals surface area contributed by atoms with Crippen LogP contribution in [-0.2, 0) is 4.79 Å². The van der Waals surface area contributed by atoms with Gasteiger partial charge in [-0.25, -0.2) is 9.78 Å². The van der Waals surface area contributed by atoms with Gasteiger partial charge in [-0.3, -0.25) is 4.79 Å². The van der Waals surface area contributed by atoms with Crippen molar-refractivity contribution < 1.29 is 9.59 Å². The summed E-state index contributed by atoms with van der Waals surface area (Å²) in [7, 11) is 0. The first-order valence-electron chi connectivity index (χ1n) is 8.93. The zero-order chi connectivity index (χ0) is 17.2. The summed E-state index contributed by atoms with van der Waals surface area (Å²) in [5.74, 6) is -0.0680. The number of para-hydroxylation sites is 1. The van der Waals surface area contributed by atoms with Crippen LogP contribution >= 0.6 is 11.3 Å². The van der Waals surface area contributed by atoms with Crippen molar-refractivity contribution in [2.24, 2.45) is 0 Å². The van der Waals surface area contributed by atoms with E-state index in [9.17, 15) is 9.59 Å². The first-order valence-corrected chi connectivity index (χ1v) is 9.74. The first kappa shape index (κ1) is 16.3. The molecule has 2 aliphatic heterocycles. The molecule has 0 aliphatic carbocycles. The van der Waals surface area contributed by atoms with E-state index >= 15 is 0 Å². The molecule has 3 heterocycles. The van der Waals surface area contributed by atoms with E-state index < -0.39 is 6.04 Å². The van der Waals surface area contributed by atoms with E-state index in [-0.39, 0.29) is 18.0 Å². The van der Waals surface area contributed by atoms with Gasteiger partial charge in [0, 0.05) is 13.1 Å². The highest BCUT2D eigenvalue weighted by Gasteiger charge is 2.34. The second kappa shape index (κ2) is 7.00. The van der Waals surface area contributed by atoms with Crippen molar-refractivity contribution in [3.63, 3.8) is 0 Å². The van der Waals surface area contributed by atoms with Crippen molar-refractivity contribution in [2.45, 2.75) is 44.2 Å². The molecule has 2 aromatic rings. The van der Waals surface area contributed by atoms with Crippen LogP contribution in [0, 0.1) is 0 Å². The number of urea groups is 1. The van der Waals surface area contributed by atoms with E-state index in [4.69, 9.17) is 4.98 Å². The van der Waals surface area contributed by atoms with Crippen LogP contribution in [0.4, 0.5) is 4.79 Å². The van der Waals surface area contributed by atoms with Crippen LogP contribution in [0.25, 0.3) is 10.2 Å². The lowest BCUT2D eigenvalue weighted by Gasteiger charge is -2.26. The van der Waals surface area contributed by atoms with Crippen LogP contribution in [0.2, 0.25) is 0 Å². The number of rotatable bonds is 2. The number of carbonyl (C=O) groups is 2. The summed E-state index contributed by atoms with van der Waals surface area (Å²) in [4.78, 5) is 31.4. The number of fused-ring (bicyclic) bond motifs is 1. The van der Waals surface area contributed by atoms with Gasteiger partial charge >= 0.3 is 6.03 Å². The molecule has 0 spiro atoms. The zero-order valence-electron chi connectivity index (χ0n) is 14.0. The van der Waals surface area contributed by atoms with Gasteiger partial charge < -0.3 is 15.5 Å². The summed E-state index contributed by atoms with van der Waals surface area (Å²) in [5, 5.41) is 6.79. The van der Waals surface area contributed by atoms with E-state index in [1.54, 1.807) is 11.3 Å². The number of nitrogens with one attached hydrogen (secondary N) is 2. The number of nitrogens with zero attached hydrogens (tertiary/aromatic N) is 2. The lowest BCUT2D eigenvalue weighted by molar-refractivity contribution is -0.122. The predicted molar refractivity (Wildman–Crippen MR) is 97.5 cm³/mol. The van der Waals surface area contributed by atoms with Gasteiger partial charge in [-0.2, -0.15) is 0 Å². The summed E-state index contributed by atoms with van der Waals surface area (Å²) in [5.41, 5.74) is 0.984. The Hall–Kier alpha value is -2.15. The number of amides is 3. The molecule has 1 aromatic carbocycles. The molecule has 2 atom stereocenters. The second-order valence-corrected chi connectivity index (χ2v) is 7.72. The summed E-state index contributed by atoms with van der Waals surface area (Å²) < 4.78 is 1.15. The Kier molecular flexibility index (Phi) is 4.57. The third-order valence-electron chi connectivity index (χ3n) is 4.94. The van der Waals surface area contributed by atoms with E-state index in [1.807, 2.05) is 23.1 Å². The number of likely N-dealkylation sites (tertiary alicyclic amines) is 1.